The maximum atomic E-state index is 12.8. The molecule has 0 amide bonds. The highest BCUT2D eigenvalue weighted by Gasteiger charge is 2.06. The zero-order valence-electron chi connectivity index (χ0n) is 9.83. The third-order valence-corrected chi connectivity index (χ3v) is 3.54. The van der Waals surface area contributed by atoms with Gasteiger partial charge in [-0.3, -0.25) is 0 Å². The molecule has 2 rings (SSSR count). The monoisotopic (exact) mass is 327 g/mol. The summed E-state index contributed by atoms with van der Waals surface area (Å²) in [5.74, 6) is -0.228. The van der Waals surface area contributed by atoms with Crippen LogP contribution < -0.4 is 4.90 Å². The van der Waals surface area contributed by atoms with Crippen molar-refractivity contribution in [1.82, 2.24) is 0 Å². The van der Waals surface area contributed by atoms with Gasteiger partial charge in [0, 0.05) is 28.8 Å². The summed E-state index contributed by atoms with van der Waals surface area (Å²) in [6, 6.07) is 12.2. The molecule has 0 aliphatic carbocycles. The molecular formula is C14H12BrClFN. The zero-order chi connectivity index (χ0) is 13.1. The summed E-state index contributed by atoms with van der Waals surface area (Å²) in [7, 11) is 1.95. The highest BCUT2D eigenvalue weighted by molar-refractivity contribution is 9.10. The van der Waals surface area contributed by atoms with E-state index in [1.165, 1.54) is 12.1 Å². The maximum absolute atomic E-state index is 12.8. The van der Waals surface area contributed by atoms with Crippen molar-refractivity contribution >= 4 is 33.2 Å². The molecule has 0 bridgehead atoms. The van der Waals surface area contributed by atoms with Crippen molar-refractivity contribution in [2.75, 3.05) is 11.9 Å². The molecule has 0 N–H and O–H groups in total. The Balaban J connectivity index is 2.15. The first-order valence-electron chi connectivity index (χ1n) is 5.47. The predicted octanol–water partition coefficient (Wildman–Crippen LogP) is 4.88. The number of hydrogen-bond donors (Lipinski definition) is 0. The van der Waals surface area contributed by atoms with E-state index in [1.54, 1.807) is 12.1 Å². The Morgan fingerprint density at radius 3 is 2.44 bits per heavy atom. The van der Waals surface area contributed by atoms with Gasteiger partial charge >= 0.3 is 0 Å². The molecular weight excluding hydrogens is 317 g/mol. The van der Waals surface area contributed by atoms with Gasteiger partial charge in [0.05, 0.1) is 0 Å². The summed E-state index contributed by atoms with van der Waals surface area (Å²) in [5.41, 5.74) is 1.99. The molecule has 94 valence electrons. The molecule has 0 spiro atoms. The second-order valence-corrected chi connectivity index (χ2v) is 5.39. The van der Waals surface area contributed by atoms with Gasteiger partial charge in [0.15, 0.2) is 0 Å². The van der Waals surface area contributed by atoms with E-state index in [2.05, 4.69) is 15.9 Å². The molecule has 0 aromatic heterocycles. The zero-order valence-corrected chi connectivity index (χ0v) is 12.2. The Kier molecular flexibility index (Phi) is 4.25. The molecule has 18 heavy (non-hydrogen) atoms. The molecule has 0 radical (unpaired) electrons. The van der Waals surface area contributed by atoms with Crippen LogP contribution in [0.5, 0.6) is 0 Å². The van der Waals surface area contributed by atoms with Crippen molar-refractivity contribution in [3.63, 3.8) is 0 Å². The van der Waals surface area contributed by atoms with Crippen LogP contribution >= 0.6 is 27.5 Å². The number of benzene rings is 2. The summed E-state index contributed by atoms with van der Waals surface area (Å²) in [6.45, 7) is 0.678. The normalized spacial score (nSPS) is 10.4. The highest BCUT2D eigenvalue weighted by atomic mass is 79.9. The van der Waals surface area contributed by atoms with Gasteiger partial charge in [0.25, 0.3) is 0 Å². The number of halogens is 3. The van der Waals surface area contributed by atoms with E-state index in [-0.39, 0.29) is 5.82 Å². The van der Waals surface area contributed by atoms with Gasteiger partial charge in [-0.15, -0.1) is 0 Å². The van der Waals surface area contributed by atoms with Gasteiger partial charge in [-0.2, -0.15) is 0 Å². The fourth-order valence-corrected chi connectivity index (χ4v) is 2.43. The van der Waals surface area contributed by atoms with Crippen molar-refractivity contribution < 1.29 is 4.39 Å². The summed E-state index contributed by atoms with van der Waals surface area (Å²) < 4.78 is 13.8. The fourth-order valence-electron chi connectivity index (χ4n) is 1.69. The van der Waals surface area contributed by atoms with Crippen LogP contribution in [0.1, 0.15) is 5.56 Å². The number of hydrogen-bond acceptors (Lipinski definition) is 1. The van der Waals surface area contributed by atoms with Crippen LogP contribution in [0.25, 0.3) is 0 Å². The van der Waals surface area contributed by atoms with E-state index in [9.17, 15) is 4.39 Å². The van der Waals surface area contributed by atoms with Crippen LogP contribution in [0, 0.1) is 5.82 Å². The molecule has 0 fully saturated rings. The smallest absolute Gasteiger partial charge is 0.123 e. The minimum atomic E-state index is -0.228. The van der Waals surface area contributed by atoms with Crippen LogP contribution in [0.3, 0.4) is 0 Å². The number of rotatable bonds is 3. The van der Waals surface area contributed by atoms with Gasteiger partial charge in [-0.05, 0) is 42.0 Å². The lowest BCUT2D eigenvalue weighted by Crippen LogP contribution is -2.16. The largest absolute Gasteiger partial charge is 0.370 e. The predicted molar refractivity (Wildman–Crippen MR) is 77.7 cm³/mol. The Labute approximate surface area is 119 Å². The molecule has 0 aliphatic rings. The second kappa shape index (κ2) is 5.72. The molecule has 2 aromatic rings. The number of anilines is 1. The summed E-state index contributed by atoms with van der Waals surface area (Å²) >= 11 is 9.55. The van der Waals surface area contributed by atoms with Gasteiger partial charge < -0.3 is 4.90 Å². The summed E-state index contributed by atoms with van der Waals surface area (Å²) in [4.78, 5) is 2.02. The summed E-state index contributed by atoms with van der Waals surface area (Å²) in [6.07, 6.45) is 0. The summed E-state index contributed by atoms with van der Waals surface area (Å²) in [5, 5.41) is 0.721. The van der Waals surface area contributed by atoms with E-state index in [0.29, 0.717) is 6.54 Å². The molecule has 0 atom stereocenters. The average molecular weight is 329 g/mol. The Hall–Kier alpha value is -1.06. The van der Waals surface area contributed by atoms with Crippen LogP contribution in [0.2, 0.25) is 5.02 Å². The molecule has 4 heteroatoms. The Bertz CT molecular complexity index is 542. The molecule has 0 saturated heterocycles. The van der Waals surface area contributed by atoms with Crippen LogP contribution in [-0.2, 0) is 6.54 Å². The Morgan fingerprint density at radius 2 is 1.83 bits per heavy atom. The molecule has 0 saturated carbocycles. The van der Waals surface area contributed by atoms with E-state index < -0.39 is 0 Å². The molecule has 0 aliphatic heterocycles. The number of nitrogens with zero attached hydrogens (tertiary/aromatic N) is 1. The lowest BCUT2D eigenvalue weighted by Gasteiger charge is -2.20. The van der Waals surface area contributed by atoms with Crippen LogP contribution in [0.15, 0.2) is 46.9 Å². The average Bonchev–Trinajstić information content (AvgIpc) is 2.33. The van der Waals surface area contributed by atoms with Crippen LogP contribution in [-0.4, -0.2) is 7.05 Å². The molecule has 0 unspecified atom stereocenters. The first-order chi connectivity index (χ1) is 8.56. The maximum Gasteiger partial charge on any atom is 0.123 e. The lowest BCUT2D eigenvalue weighted by molar-refractivity contribution is 0.627. The minimum absolute atomic E-state index is 0.228. The second-order valence-electron chi connectivity index (χ2n) is 4.07. The van der Waals surface area contributed by atoms with E-state index in [4.69, 9.17) is 11.6 Å². The van der Waals surface area contributed by atoms with Crippen molar-refractivity contribution in [3.05, 3.63) is 63.3 Å². The molecule has 0 heterocycles. The third kappa shape index (κ3) is 3.24. The van der Waals surface area contributed by atoms with Gasteiger partial charge in [-0.1, -0.05) is 33.6 Å². The topological polar surface area (TPSA) is 3.24 Å². The van der Waals surface area contributed by atoms with Crippen molar-refractivity contribution in [3.8, 4) is 0 Å². The Morgan fingerprint density at radius 1 is 1.17 bits per heavy atom. The third-order valence-electron chi connectivity index (χ3n) is 2.69. The SMILES string of the molecule is CN(Cc1ccc(Br)cc1Cl)c1ccc(F)cc1. The van der Waals surface area contributed by atoms with E-state index in [0.717, 1.165) is 20.7 Å². The van der Waals surface area contributed by atoms with Gasteiger partial charge in [-0.25, -0.2) is 4.39 Å². The van der Waals surface area contributed by atoms with Gasteiger partial charge in [0.2, 0.25) is 0 Å². The standard InChI is InChI=1S/C14H12BrClFN/c1-18(13-6-4-12(17)5-7-13)9-10-2-3-11(15)8-14(10)16/h2-8H,9H2,1H3. The first-order valence-corrected chi connectivity index (χ1v) is 6.64. The first kappa shape index (κ1) is 13.4. The quantitative estimate of drug-likeness (QED) is 0.776. The lowest BCUT2D eigenvalue weighted by atomic mass is 10.2. The minimum Gasteiger partial charge on any atom is -0.370 e. The highest BCUT2D eigenvalue weighted by Crippen LogP contribution is 2.24. The van der Waals surface area contributed by atoms with E-state index >= 15 is 0 Å². The fraction of sp³-hybridized carbons (Fsp3) is 0.143. The molecule has 1 nitrogen and oxygen atoms in total. The van der Waals surface area contributed by atoms with E-state index in [1.807, 2.05) is 30.1 Å². The van der Waals surface area contributed by atoms with Crippen LogP contribution in [0.4, 0.5) is 10.1 Å². The van der Waals surface area contributed by atoms with Crippen molar-refractivity contribution in [1.29, 1.82) is 0 Å². The van der Waals surface area contributed by atoms with Crippen molar-refractivity contribution in [2.45, 2.75) is 6.54 Å². The molecule has 2 aromatic carbocycles. The van der Waals surface area contributed by atoms with Crippen molar-refractivity contribution in [2.24, 2.45) is 0 Å². The van der Waals surface area contributed by atoms with Gasteiger partial charge in [0.1, 0.15) is 5.82 Å².